The molecule has 0 spiro atoms. The van der Waals surface area contributed by atoms with Crippen molar-refractivity contribution in [2.45, 2.75) is 77.2 Å². The normalized spacial score (nSPS) is 12.2. The number of fused-ring (bicyclic) bond motifs is 1. The van der Waals surface area contributed by atoms with Crippen molar-refractivity contribution in [3.8, 4) is 0 Å². The Morgan fingerprint density at radius 1 is 0.806 bits per heavy atom. The second-order valence-electron chi connectivity index (χ2n) is 9.34. The lowest BCUT2D eigenvalue weighted by Crippen LogP contribution is -2.20. The zero-order valence-electron chi connectivity index (χ0n) is 21.2. The zero-order valence-corrected chi connectivity index (χ0v) is 21.2. The van der Waals surface area contributed by atoms with Crippen LogP contribution in [0.15, 0.2) is 61.7 Å². The van der Waals surface area contributed by atoms with Crippen LogP contribution in [0.1, 0.15) is 94.3 Å². The molecule has 2 aromatic rings. The first kappa shape index (κ1) is 27.1. The molecule has 1 heterocycles. The highest BCUT2D eigenvalue weighted by atomic mass is 16.5. The molecule has 5 nitrogen and oxygen atoms in total. The van der Waals surface area contributed by atoms with Gasteiger partial charge in [0.1, 0.15) is 6.61 Å². The van der Waals surface area contributed by atoms with Crippen molar-refractivity contribution >= 4 is 17.8 Å². The summed E-state index contributed by atoms with van der Waals surface area (Å²) in [5, 5.41) is 2.28. The summed E-state index contributed by atoms with van der Waals surface area (Å²) in [6, 6.07) is 11.4. The second-order valence-corrected chi connectivity index (χ2v) is 9.34. The average molecular weight is 488 g/mol. The van der Waals surface area contributed by atoms with Gasteiger partial charge >= 0.3 is 5.97 Å². The average Bonchev–Trinajstić information content (AvgIpc) is 3.17. The van der Waals surface area contributed by atoms with E-state index >= 15 is 0 Å². The van der Waals surface area contributed by atoms with Crippen molar-refractivity contribution in [3.05, 3.63) is 95.1 Å². The molecule has 0 saturated carbocycles. The van der Waals surface area contributed by atoms with E-state index in [0.29, 0.717) is 11.1 Å². The molecule has 0 atom stereocenters. The van der Waals surface area contributed by atoms with Gasteiger partial charge in [-0.1, -0.05) is 55.3 Å². The van der Waals surface area contributed by atoms with Crippen LogP contribution in [0.25, 0.3) is 0 Å². The molecule has 0 bridgehead atoms. The highest BCUT2D eigenvalue weighted by molar-refractivity contribution is 6.22. The van der Waals surface area contributed by atoms with Gasteiger partial charge < -0.3 is 4.74 Å². The Balaban J connectivity index is 1.62. The highest BCUT2D eigenvalue weighted by Gasteiger charge is 2.29. The molecule has 36 heavy (non-hydrogen) atoms. The number of carbonyl (C=O) groups is 3. The van der Waals surface area contributed by atoms with E-state index in [4.69, 9.17) is 4.74 Å². The monoisotopic (exact) mass is 487 g/mol. The van der Waals surface area contributed by atoms with Gasteiger partial charge in [-0.2, -0.15) is 0 Å². The number of hydrogen-bond acceptors (Lipinski definition) is 4. The number of ether oxygens (including phenoxy) is 1. The molecule has 0 aliphatic carbocycles. The number of nitrogens with one attached hydrogen (secondary N) is 1. The minimum Gasteiger partial charge on any atom is -0.461 e. The molecule has 1 aliphatic rings. The van der Waals surface area contributed by atoms with Crippen LogP contribution in [0.5, 0.6) is 0 Å². The van der Waals surface area contributed by atoms with Gasteiger partial charge in [0.05, 0.1) is 17.5 Å². The maximum absolute atomic E-state index is 12.7. The second kappa shape index (κ2) is 14.2. The molecule has 190 valence electrons. The SMILES string of the molecule is C=CCCCCCc1ccc(COC(=O)Cc2cccc3c2C(=O)NC3=O)c(CCCCCC=C)c1. The molecule has 0 radical (unpaired) electrons. The first-order valence-corrected chi connectivity index (χ1v) is 13.0. The van der Waals surface area contributed by atoms with Crippen molar-refractivity contribution in [2.24, 2.45) is 0 Å². The summed E-state index contributed by atoms with van der Waals surface area (Å²) in [7, 11) is 0. The van der Waals surface area contributed by atoms with Crippen molar-refractivity contribution in [3.63, 3.8) is 0 Å². The maximum atomic E-state index is 12.7. The van der Waals surface area contributed by atoms with Gasteiger partial charge in [0.25, 0.3) is 11.8 Å². The number of aryl methyl sites for hydroxylation is 2. The molecule has 1 aliphatic heterocycles. The lowest BCUT2D eigenvalue weighted by atomic mass is 9.96. The molecule has 2 aromatic carbocycles. The Labute approximate surface area is 214 Å². The first-order valence-electron chi connectivity index (χ1n) is 13.0. The molecular formula is C31H37NO4. The molecule has 0 unspecified atom stereocenters. The standard InChI is InChI=1S/C31H37NO4/c1-3-5-7-9-11-14-23-18-19-26(24(20-23)15-12-10-8-6-4-2)22-36-28(33)21-25-16-13-17-27-29(25)31(35)32-30(27)34/h3-4,13,16-20H,1-2,5-12,14-15,21-22H2,(H,32,34,35). The molecule has 0 fully saturated rings. The van der Waals surface area contributed by atoms with Gasteiger partial charge in [-0.15, -0.1) is 13.2 Å². The van der Waals surface area contributed by atoms with Crippen LogP contribution in [-0.4, -0.2) is 17.8 Å². The number of allylic oxidation sites excluding steroid dienone is 2. The number of carbonyl (C=O) groups excluding carboxylic acids is 3. The number of unbranched alkanes of at least 4 members (excludes halogenated alkanes) is 6. The summed E-state index contributed by atoms with van der Waals surface area (Å²) in [6.45, 7) is 7.78. The first-order chi connectivity index (χ1) is 17.5. The van der Waals surface area contributed by atoms with Gasteiger partial charge in [-0.05, 0) is 79.7 Å². The van der Waals surface area contributed by atoms with Crippen LogP contribution >= 0.6 is 0 Å². The topological polar surface area (TPSA) is 72.5 Å². The minimum atomic E-state index is -0.461. The smallest absolute Gasteiger partial charge is 0.310 e. The van der Waals surface area contributed by atoms with Crippen LogP contribution in [0.2, 0.25) is 0 Å². The molecular weight excluding hydrogens is 450 g/mol. The van der Waals surface area contributed by atoms with Crippen molar-refractivity contribution in [2.75, 3.05) is 0 Å². The Morgan fingerprint density at radius 2 is 1.53 bits per heavy atom. The molecule has 1 N–H and O–H groups in total. The predicted molar refractivity (Wildman–Crippen MR) is 143 cm³/mol. The van der Waals surface area contributed by atoms with E-state index in [0.717, 1.165) is 56.9 Å². The molecule has 5 heteroatoms. The van der Waals surface area contributed by atoms with Crippen molar-refractivity contribution in [1.29, 1.82) is 0 Å². The van der Waals surface area contributed by atoms with E-state index in [1.165, 1.54) is 24.0 Å². The summed E-state index contributed by atoms with van der Waals surface area (Å²) in [5.74, 6) is -1.31. The summed E-state index contributed by atoms with van der Waals surface area (Å²) in [5.41, 5.74) is 4.67. The largest absolute Gasteiger partial charge is 0.461 e. The summed E-state index contributed by atoms with van der Waals surface area (Å²) in [4.78, 5) is 36.7. The third kappa shape index (κ3) is 7.77. The minimum absolute atomic E-state index is 0.0520. The molecule has 3 rings (SSSR count). The molecule has 0 aromatic heterocycles. The summed E-state index contributed by atoms with van der Waals surface area (Å²) >= 11 is 0. The fraction of sp³-hybridized carbons (Fsp3) is 0.387. The lowest BCUT2D eigenvalue weighted by Gasteiger charge is -2.13. The van der Waals surface area contributed by atoms with Crippen LogP contribution in [-0.2, 0) is 35.4 Å². The molecule has 2 amide bonds. The zero-order chi connectivity index (χ0) is 25.8. The van der Waals surface area contributed by atoms with Gasteiger partial charge in [0.2, 0.25) is 0 Å². The number of rotatable bonds is 16. The molecule has 0 saturated heterocycles. The van der Waals surface area contributed by atoms with Gasteiger partial charge in [0.15, 0.2) is 0 Å². The predicted octanol–water partition coefficient (Wildman–Crippen LogP) is 6.43. The highest BCUT2D eigenvalue weighted by Crippen LogP contribution is 2.22. The van der Waals surface area contributed by atoms with E-state index in [9.17, 15) is 14.4 Å². The third-order valence-corrected chi connectivity index (χ3v) is 6.57. The fourth-order valence-corrected chi connectivity index (χ4v) is 4.59. The number of imide groups is 1. The van der Waals surface area contributed by atoms with Gasteiger partial charge in [-0.3, -0.25) is 19.7 Å². The Bertz CT molecular complexity index is 1100. The van der Waals surface area contributed by atoms with E-state index < -0.39 is 17.8 Å². The van der Waals surface area contributed by atoms with Crippen LogP contribution < -0.4 is 5.32 Å². The Hall–Kier alpha value is -3.47. The number of hydrogen-bond donors (Lipinski definition) is 1. The van der Waals surface area contributed by atoms with Crippen LogP contribution in [0.3, 0.4) is 0 Å². The van der Waals surface area contributed by atoms with Crippen molar-refractivity contribution in [1.82, 2.24) is 5.32 Å². The van der Waals surface area contributed by atoms with E-state index in [-0.39, 0.29) is 18.6 Å². The number of benzene rings is 2. The van der Waals surface area contributed by atoms with E-state index in [2.05, 4.69) is 36.7 Å². The Kier molecular flexibility index (Phi) is 10.7. The fourth-order valence-electron chi connectivity index (χ4n) is 4.59. The van der Waals surface area contributed by atoms with Crippen LogP contribution in [0, 0.1) is 0 Å². The van der Waals surface area contributed by atoms with Crippen LogP contribution in [0.4, 0.5) is 0 Å². The van der Waals surface area contributed by atoms with E-state index in [1.807, 2.05) is 12.2 Å². The third-order valence-electron chi connectivity index (χ3n) is 6.57. The maximum Gasteiger partial charge on any atom is 0.310 e. The van der Waals surface area contributed by atoms with Gasteiger partial charge in [0, 0.05) is 0 Å². The lowest BCUT2D eigenvalue weighted by molar-refractivity contribution is -0.144. The quantitative estimate of drug-likeness (QED) is 0.128. The van der Waals surface area contributed by atoms with Crippen molar-refractivity contribution < 1.29 is 19.1 Å². The summed E-state index contributed by atoms with van der Waals surface area (Å²) < 4.78 is 5.63. The van der Waals surface area contributed by atoms with E-state index in [1.54, 1.807) is 18.2 Å². The number of amides is 2. The summed E-state index contributed by atoms with van der Waals surface area (Å²) in [6.07, 6.45) is 14.8. The number of esters is 1. The van der Waals surface area contributed by atoms with Gasteiger partial charge in [-0.25, -0.2) is 0 Å². The Morgan fingerprint density at radius 3 is 2.25 bits per heavy atom.